The van der Waals surface area contributed by atoms with Gasteiger partial charge in [0.2, 0.25) is 0 Å². The van der Waals surface area contributed by atoms with Gasteiger partial charge in [-0.1, -0.05) is 47.5 Å². The van der Waals surface area contributed by atoms with Crippen molar-refractivity contribution in [2.75, 3.05) is 13.3 Å². The Hall–Kier alpha value is -1.07. The van der Waals surface area contributed by atoms with Crippen molar-refractivity contribution in [3.8, 4) is 0 Å². The van der Waals surface area contributed by atoms with Crippen LogP contribution in [0.2, 0.25) is 10.0 Å². The zero-order valence-corrected chi connectivity index (χ0v) is 13.9. The van der Waals surface area contributed by atoms with Crippen molar-refractivity contribution in [2.45, 2.75) is 10.9 Å². The van der Waals surface area contributed by atoms with Crippen molar-refractivity contribution >= 4 is 33.0 Å². The van der Waals surface area contributed by atoms with Crippen LogP contribution in [0.25, 0.3) is 0 Å². The summed E-state index contributed by atoms with van der Waals surface area (Å²) in [6.07, 6.45) is 1.19. The molecule has 1 atom stereocenters. The Bertz CT molecular complexity index is 743. The molecule has 0 fully saturated rings. The Kier molecular flexibility index (Phi) is 4.94. The maximum Gasteiger partial charge on any atom is 0.175 e. The van der Waals surface area contributed by atoms with E-state index in [0.29, 0.717) is 14.9 Å². The molecule has 2 rings (SSSR count). The van der Waals surface area contributed by atoms with Crippen LogP contribution in [0.15, 0.2) is 47.4 Å². The SMILES string of the molecule is CNC(c1ccc(S(C)(=O)=O)cc1)c1cccc(Cl)c1Cl. The van der Waals surface area contributed by atoms with Gasteiger partial charge in [-0.3, -0.25) is 0 Å². The van der Waals surface area contributed by atoms with Crippen LogP contribution < -0.4 is 5.32 Å². The Balaban J connectivity index is 2.45. The van der Waals surface area contributed by atoms with E-state index in [4.69, 9.17) is 23.2 Å². The Morgan fingerprint density at radius 3 is 2.19 bits per heavy atom. The van der Waals surface area contributed by atoms with Crippen molar-refractivity contribution in [2.24, 2.45) is 0 Å². The normalized spacial score (nSPS) is 13.1. The maximum atomic E-state index is 11.5. The zero-order valence-electron chi connectivity index (χ0n) is 11.6. The first-order valence-corrected chi connectivity index (χ1v) is 8.90. The molecule has 2 aromatic rings. The third kappa shape index (κ3) is 3.58. The predicted molar refractivity (Wildman–Crippen MR) is 86.9 cm³/mol. The predicted octanol–water partition coefficient (Wildman–Crippen LogP) is 3.71. The summed E-state index contributed by atoms with van der Waals surface area (Å²) in [7, 11) is -1.39. The molecule has 1 unspecified atom stereocenters. The molecule has 2 aromatic carbocycles. The minimum Gasteiger partial charge on any atom is -0.309 e. The fourth-order valence-corrected chi connectivity index (χ4v) is 3.20. The van der Waals surface area contributed by atoms with E-state index in [9.17, 15) is 8.42 Å². The molecule has 0 aliphatic rings. The minimum absolute atomic E-state index is 0.162. The molecule has 0 aliphatic carbocycles. The number of sulfone groups is 1. The van der Waals surface area contributed by atoms with Crippen molar-refractivity contribution < 1.29 is 8.42 Å². The van der Waals surface area contributed by atoms with Gasteiger partial charge in [0, 0.05) is 6.26 Å². The Morgan fingerprint density at radius 2 is 1.67 bits per heavy atom. The van der Waals surface area contributed by atoms with Gasteiger partial charge in [-0.05, 0) is 36.4 Å². The van der Waals surface area contributed by atoms with Gasteiger partial charge in [-0.2, -0.15) is 0 Å². The van der Waals surface area contributed by atoms with E-state index in [2.05, 4.69) is 5.32 Å². The van der Waals surface area contributed by atoms with E-state index in [0.717, 1.165) is 11.1 Å². The highest BCUT2D eigenvalue weighted by Crippen LogP contribution is 2.33. The maximum absolute atomic E-state index is 11.5. The number of hydrogen-bond acceptors (Lipinski definition) is 3. The molecule has 0 spiro atoms. The first kappa shape index (κ1) is 16.3. The Morgan fingerprint density at radius 1 is 1.05 bits per heavy atom. The molecule has 21 heavy (non-hydrogen) atoms. The number of benzene rings is 2. The highest BCUT2D eigenvalue weighted by molar-refractivity contribution is 7.90. The molecule has 0 aliphatic heterocycles. The van der Waals surface area contributed by atoms with E-state index in [1.807, 2.05) is 19.2 Å². The summed E-state index contributed by atoms with van der Waals surface area (Å²) in [6, 6.07) is 12.0. The number of halogens is 2. The second-order valence-corrected chi connectivity index (χ2v) is 7.51. The lowest BCUT2D eigenvalue weighted by molar-refractivity contribution is 0.601. The molecular weight excluding hydrogens is 329 g/mol. The fourth-order valence-electron chi connectivity index (χ4n) is 2.15. The largest absolute Gasteiger partial charge is 0.309 e. The molecule has 0 radical (unpaired) electrons. The molecule has 1 N–H and O–H groups in total. The summed E-state index contributed by atoms with van der Waals surface area (Å²) in [5.41, 5.74) is 1.76. The summed E-state index contributed by atoms with van der Waals surface area (Å²) < 4.78 is 23.0. The van der Waals surface area contributed by atoms with E-state index in [1.54, 1.807) is 30.3 Å². The van der Waals surface area contributed by atoms with Gasteiger partial charge in [-0.15, -0.1) is 0 Å². The minimum atomic E-state index is -3.20. The molecule has 0 saturated heterocycles. The summed E-state index contributed by atoms with van der Waals surface area (Å²) in [5, 5.41) is 4.15. The van der Waals surface area contributed by atoms with E-state index < -0.39 is 9.84 Å². The van der Waals surface area contributed by atoms with Crippen LogP contribution in [-0.2, 0) is 9.84 Å². The van der Waals surface area contributed by atoms with Crippen molar-refractivity contribution in [1.29, 1.82) is 0 Å². The topological polar surface area (TPSA) is 46.2 Å². The number of rotatable bonds is 4. The first-order valence-electron chi connectivity index (χ1n) is 6.26. The standard InChI is InChI=1S/C15H15Cl2NO2S/c1-18-15(12-4-3-5-13(16)14(12)17)10-6-8-11(9-7-10)21(2,19)20/h3-9,15,18H,1-2H3. The summed E-state index contributed by atoms with van der Waals surface area (Å²) in [6.45, 7) is 0. The van der Waals surface area contributed by atoms with Crippen LogP contribution in [0.3, 0.4) is 0 Å². The third-order valence-corrected chi connectivity index (χ3v) is 5.18. The average Bonchev–Trinajstić information content (AvgIpc) is 2.44. The lowest BCUT2D eigenvalue weighted by atomic mass is 9.99. The zero-order chi connectivity index (χ0) is 15.6. The first-order chi connectivity index (χ1) is 9.84. The lowest BCUT2D eigenvalue weighted by Crippen LogP contribution is -2.18. The van der Waals surface area contributed by atoms with Crippen LogP contribution in [0.5, 0.6) is 0 Å². The molecule has 3 nitrogen and oxygen atoms in total. The van der Waals surface area contributed by atoms with E-state index >= 15 is 0 Å². The second-order valence-electron chi connectivity index (χ2n) is 4.71. The second kappa shape index (κ2) is 6.36. The quantitative estimate of drug-likeness (QED) is 0.920. The van der Waals surface area contributed by atoms with Gasteiger partial charge in [0.25, 0.3) is 0 Å². The lowest BCUT2D eigenvalue weighted by Gasteiger charge is -2.19. The molecule has 6 heteroatoms. The van der Waals surface area contributed by atoms with Gasteiger partial charge in [0.05, 0.1) is 21.0 Å². The van der Waals surface area contributed by atoms with Crippen LogP contribution >= 0.6 is 23.2 Å². The van der Waals surface area contributed by atoms with Gasteiger partial charge < -0.3 is 5.32 Å². The van der Waals surface area contributed by atoms with Gasteiger partial charge >= 0.3 is 0 Å². The van der Waals surface area contributed by atoms with Crippen LogP contribution in [0.4, 0.5) is 0 Å². The molecule has 0 saturated carbocycles. The van der Waals surface area contributed by atoms with Crippen LogP contribution in [0.1, 0.15) is 17.2 Å². The van der Waals surface area contributed by atoms with Crippen molar-refractivity contribution in [1.82, 2.24) is 5.32 Å². The van der Waals surface area contributed by atoms with E-state index in [1.165, 1.54) is 6.26 Å². The van der Waals surface area contributed by atoms with Crippen LogP contribution in [0, 0.1) is 0 Å². The highest BCUT2D eigenvalue weighted by Gasteiger charge is 2.17. The summed E-state index contributed by atoms with van der Waals surface area (Å²) in [4.78, 5) is 0.290. The van der Waals surface area contributed by atoms with Crippen molar-refractivity contribution in [3.05, 3.63) is 63.6 Å². The van der Waals surface area contributed by atoms with E-state index in [-0.39, 0.29) is 6.04 Å². The number of nitrogens with one attached hydrogen (secondary N) is 1. The summed E-state index contributed by atoms with van der Waals surface area (Å²) in [5.74, 6) is 0. The monoisotopic (exact) mass is 343 g/mol. The van der Waals surface area contributed by atoms with Gasteiger partial charge in [0.1, 0.15) is 0 Å². The molecular formula is C15H15Cl2NO2S. The van der Waals surface area contributed by atoms with Gasteiger partial charge in [0.15, 0.2) is 9.84 Å². The molecule has 0 bridgehead atoms. The molecule has 0 heterocycles. The Labute approximate surface area is 134 Å². The average molecular weight is 344 g/mol. The molecule has 112 valence electrons. The number of hydrogen-bond donors (Lipinski definition) is 1. The fraction of sp³-hybridized carbons (Fsp3) is 0.200. The smallest absolute Gasteiger partial charge is 0.175 e. The van der Waals surface area contributed by atoms with Gasteiger partial charge in [-0.25, -0.2) is 8.42 Å². The molecule has 0 aromatic heterocycles. The van der Waals surface area contributed by atoms with Crippen molar-refractivity contribution in [3.63, 3.8) is 0 Å². The third-order valence-electron chi connectivity index (χ3n) is 3.22. The summed E-state index contributed by atoms with van der Waals surface area (Å²) >= 11 is 12.3. The molecule has 0 amide bonds. The van der Waals surface area contributed by atoms with Crippen LogP contribution in [-0.4, -0.2) is 21.7 Å². The highest BCUT2D eigenvalue weighted by atomic mass is 35.5.